The summed E-state index contributed by atoms with van der Waals surface area (Å²) < 4.78 is 5.13. The molecular weight excluding hydrogens is 346 g/mol. The summed E-state index contributed by atoms with van der Waals surface area (Å²) in [5.41, 5.74) is 2.07. The highest BCUT2D eigenvalue weighted by molar-refractivity contribution is 7.80. The highest BCUT2D eigenvalue weighted by Gasteiger charge is 2.18. The zero-order chi connectivity index (χ0) is 18.4. The van der Waals surface area contributed by atoms with Crippen molar-refractivity contribution < 1.29 is 9.21 Å². The summed E-state index contributed by atoms with van der Waals surface area (Å²) in [7, 11) is 0. The molecule has 2 heterocycles. The lowest BCUT2D eigenvalue weighted by molar-refractivity contribution is -0.115. The van der Waals surface area contributed by atoms with Gasteiger partial charge in [-0.15, -0.1) is 0 Å². The largest absolute Gasteiger partial charge is 0.465 e. The zero-order valence-electron chi connectivity index (χ0n) is 14.8. The first-order chi connectivity index (χ1) is 12.6. The van der Waals surface area contributed by atoms with Crippen LogP contribution in [-0.4, -0.2) is 23.6 Å². The van der Waals surface area contributed by atoms with Gasteiger partial charge in [-0.1, -0.05) is 0 Å². The second-order valence-electron chi connectivity index (χ2n) is 6.38. The SMILES string of the molecule is C[C@H]1CCCCN1c1ccc(NC(=S)NC(=O)/C=C/c2ccco2)cc1. The van der Waals surface area contributed by atoms with E-state index >= 15 is 0 Å². The predicted octanol–water partition coefficient (Wildman–Crippen LogP) is 4.18. The molecular formula is C20H23N3O2S. The molecule has 26 heavy (non-hydrogen) atoms. The van der Waals surface area contributed by atoms with Gasteiger partial charge in [0.15, 0.2) is 5.11 Å². The van der Waals surface area contributed by atoms with Crippen LogP contribution in [0.1, 0.15) is 31.9 Å². The molecule has 1 aromatic heterocycles. The molecule has 2 N–H and O–H groups in total. The van der Waals surface area contributed by atoms with Crippen molar-refractivity contribution in [3.63, 3.8) is 0 Å². The summed E-state index contributed by atoms with van der Waals surface area (Å²) in [4.78, 5) is 14.3. The number of thiocarbonyl (C=S) groups is 1. The number of nitrogens with one attached hydrogen (secondary N) is 2. The number of hydrogen-bond acceptors (Lipinski definition) is 4. The Labute approximate surface area is 159 Å². The Balaban J connectivity index is 1.51. The summed E-state index contributed by atoms with van der Waals surface area (Å²) >= 11 is 5.19. The molecule has 6 heteroatoms. The van der Waals surface area contributed by atoms with Gasteiger partial charge in [-0.25, -0.2) is 0 Å². The average Bonchev–Trinajstić information content (AvgIpc) is 3.15. The first-order valence-corrected chi connectivity index (χ1v) is 9.23. The third kappa shape index (κ3) is 4.95. The van der Waals surface area contributed by atoms with Gasteiger partial charge in [0.25, 0.3) is 0 Å². The molecule has 0 bridgehead atoms. The number of amides is 1. The van der Waals surface area contributed by atoms with Gasteiger partial charge in [-0.3, -0.25) is 10.1 Å². The van der Waals surface area contributed by atoms with Gasteiger partial charge >= 0.3 is 0 Å². The lowest BCUT2D eigenvalue weighted by Crippen LogP contribution is -2.37. The predicted molar refractivity (Wildman–Crippen MR) is 109 cm³/mol. The summed E-state index contributed by atoms with van der Waals surface area (Å²) in [6, 6.07) is 12.2. The molecule has 1 atom stereocenters. The van der Waals surface area contributed by atoms with Crippen molar-refractivity contribution in [1.29, 1.82) is 0 Å². The molecule has 0 unspecified atom stereocenters. The van der Waals surface area contributed by atoms with E-state index in [4.69, 9.17) is 16.6 Å². The molecule has 3 rings (SSSR count). The minimum absolute atomic E-state index is 0.262. The third-order valence-corrected chi connectivity index (χ3v) is 4.64. The lowest BCUT2D eigenvalue weighted by atomic mass is 10.0. The number of hydrogen-bond donors (Lipinski definition) is 2. The Bertz CT molecular complexity index is 769. The number of piperidine rings is 1. The van der Waals surface area contributed by atoms with Crippen molar-refractivity contribution in [1.82, 2.24) is 5.32 Å². The van der Waals surface area contributed by atoms with Gasteiger partial charge in [0.2, 0.25) is 5.91 Å². The van der Waals surface area contributed by atoms with E-state index in [9.17, 15) is 4.79 Å². The number of rotatable bonds is 4. The first kappa shape index (κ1) is 18.2. The number of nitrogens with zero attached hydrogens (tertiary/aromatic N) is 1. The Hall–Kier alpha value is -2.60. The Kier molecular flexibility index (Phi) is 6.07. The fourth-order valence-electron chi connectivity index (χ4n) is 3.08. The van der Waals surface area contributed by atoms with Crippen LogP contribution in [0.5, 0.6) is 0 Å². The fraction of sp³-hybridized carbons (Fsp3) is 0.300. The van der Waals surface area contributed by atoms with Gasteiger partial charge < -0.3 is 14.6 Å². The number of furan rings is 1. The number of carbonyl (C=O) groups is 1. The van der Waals surface area contributed by atoms with Crippen LogP contribution in [0.3, 0.4) is 0 Å². The quantitative estimate of drug-likeness (QED) is 0.625. The van der Waals surface area contributed by atoms with Crippen LogP contribution in [0.2, 0.25) is 0 Å². The molecule has 0 spiro atoms. The topological polar surface area (TPSA) is 57.5 Å². The van der Waals surface area contributed by atoms with Crippen molar-refractivity contribution in [2.24, 2.45) is 0 Å². The number of benzene rings is 1. The summed E-state index contributed by atoms with van der Waals surface area (Å²) in [6.07, 6.45) is 8.31. The van der Waals surface area contributed by atoms with E-state index < -0.39 is 0 Å². The monoisotopic (exact) mass is 369 g/mol. The zero-order valence-corrected chi connectivity index (χ0v) is 15.6. The molecule has 1 fully saturated rings. The van der Waals surface area contributed by atoms with Crippen LogP contribution in [0.25, 0.3) is 6.08 Å². The van der Waals surface area contributed by atoms with Gasteiger partial charge in [-0.05, 0) is 80.9 Å². The van der Waals surface area contributed by atoms with Crippen LogP contribution in [0.15, 0.2) is 53.2 Å². The minimum Gasteiger partial charge on any atom is -0.465 e. The Morgan fingerprint density at radius 2 is 2.08 bits per heavy atom. The maximum absolute atomic E-state index is 11.9. The smallest absolute Gasteiger partial charge is 0.250 e. The molecule has 1 aliphatic heterocycles. The van der Waals surface area contributed by atoms with E-state index in [0.717, 1.165) is 12.2 Å². The highest BCUT2D eigenvalue weighted by atomic mass is 32.1. The standard InChI is InChI=1S/C20H23N3O2S/c1-15-5-2-3-13-23(15)17-9-7-16(8-10-17)21-20(26)22-19(24)12-11-18-6-4-14-25-18/h4,6-12,14-15H,2-3,5,13H2,1H3,(H2,21,22,24,26)/b12-11+/t15-/m0/s1. The maximum atomic E-state index is 11.9. The molecule has 2 aromatic rings. The first-order valence-electron chi connectivity index (χ1n) is 8.82. The lowest BCUT2D eigenvalue weighted by Gasteiger charge is -2.35. The van der Waals surface area contributed by atoms with Crippen LogP contribution >= 0.6 is 12.2 Å². The van der Waals surface area contributed by atoms with Gasteiger partial charge in [0.05, 0.1) is 6.26 Å². The molecule has 5 nitrogen and oxygen atoms in total. The molecule has 0 radical (unpaired) electrons. The summed E-state index contributed by atoms with van der Waals surface area (Å²) in [5, 5.41) is 5.91. The van der Waals surface area contributed by atoms with Gasteiger partial charge in [0, 0.05) is 30.0 Å². The van der Waals surface area contributed by atoms with Crippen LogP contribution < -0.4 is 15.5 Å². The van der Waals surface area contributed by atoms with Gasteiger partial charge in [0.1, 0.15) is 5.76 Å². The molecule has 136 valence electrons. The van der Waals surface area contributed by atoms with E-state index in [1.165, 1.54) is 31.0 Å². The van der Waals surface area contributed by atoms with E-state index in [1.807, 2.05) is 12.1 Å². The molecule has 1 amide bonds. The van der Waals surface area contributed by atoms with Crippen molar-refractivity contribution >= 4 is 40.7 Å². The Morgan fingerprint density at radius 3 is 2.77 bits per heavy atom. The minimum atomic E-state index is -0.308. The number of anilines is 2. The third-order valence-electron chi connectivity index (χ3n) is 4.44. The second kappa shape index (κ2) is 8.67. The molecule has 1 aliphatic rings. The molecule has 1 saturated heterocycles. The molecule has 0 aliphatic carbocycles. The van der Waals surface area contributed by atoms with Crippen LogP contribution in [-0.2, 0) is 4.79 Å². The highest BCUT2D eigenvalue weighted by Crippen LogP contribution is 2.25. The van der Waals surface area contributed by atoms with E-state index in [2.05, 4.69) is 34.6 Å². The van der Waals surface area contributed by atoms with Gasteiger partial charge in [-0.2, -0.15) is 0 Å². The number of carbonyl (C=O) groups excluding carboxylic acids is 1. The van der Waals surface area contributed by atoms with E-state index in [0.29, 0.717) is 11.8 Å². The normalized spacial score (nSPS) is 17.3. The van der Waals surface area contributed by atoms with Crippen molar-refractivity contribution in [2.45, 2.75) is 32.2 Å². The fourth-order valence-corrected chi connectivity index (χ4v) is 3.30. The van der Waals surface area contributed by atoms with E-state index in [-0.39, 0.29) is 11.0 Å². The summed E-state index contributed by atoms with van der Waals surface area (Å²) in [6.45, 7) is 3.37. The molecule has 0 saturated carbocycles. The van der Waals surface area contributed by atoms with Crippen LogP contribution in [0, 0.1) is 0 Å². The van der Waals surface area contributed by atoms with Crippen molar-refractivity contribution in [2.75, 3.05) is 16.8 Å². The summed E-state index contributed by atoms with van der Waals surface area (Å²) in [5.74, 6) is 0.305. The Morgan fingerprint density at radius 1 is 1.27 bits per heavy atom. The van der Waals surface area contributed by atoms with Crippen molar-refractivity contribution in [3.05, 3.63) is 54.5 Å². The molecule has 1 aromatic carbocycles. The van der Waals surface area contributed by atoms with E-state index in [1.54, 1.807) is 24.5 Å². The van der Waals surface area contributed by atoms with Crippen molar-refractivity contribution in [3.8, 4) is 0 Å². The average molecular weight is 369 g/mol. The maximum Gasteiger partial charge on any atom is 0.250 e. The van der Waals surface area contributed by atoms with Crippen LogP contribution in [0.4, 0.5) is 11.4 Å². The second-order valence-corrected chi connectivity index (χ2v) is 6.79.